The molecule has 1 aromatic heterocycles. The highest BCUT2D eigenvalue weighted by molar-refractivity contribution is 6.08. The minimum absolute atomic E-state index is 0.0912. The molecule has 2 aliphatic rings. The molecule has 7 heteroatoms. The Morgan fingerprint density at radius 1 is 1.40 bits per heavy atom. The largest absolute Gasteiger partial charge is 0.466 e. The molecule has 2 N–H and O–H groups in total. The first-order valence-corrected chi connectivity index (χ1v) is 8.80. The van der Waals surface area contributed by atoms with E-state index in [1.54, 1.807) is 19.1 Å². The molecule has 136 valence electrons. The molecule has 2 heterocycles. The van der Waals surface area contributed by atoms with Crippen molar-refractivity contribution < 1.29 is 18.8 Å². The van der Waals surface area contributed by atoms with Crippen LogP contribution < -0.4 is 10.6 Å². The van der Waals surface area contributed by atoms with Crippen LogP contribution in [0.4, 0.5) is 4.79 Å². The fraction of sp³-hybridized carbons (Fsp3) is 0.611. The van der Waals surface area contributed by atoms with Crippen LogP contribution in [0, 0.1) is 11.8 Å². The van der Waals surface area contributed by atoms with Crippen LogP contribution in [-0.2, 0) is 15.1 Å². The molecular formula is C18H25N3O4. The first-order chi connectivity index (χ1) is 11.8. The first-order valence-electron chi connectivity index (χ1n) is 8.80. The highest BCUT2D eigenvalue weighted by Crippen LogP contribution is 2.30. The summed E-state index contributed by atoms with van der Waals surface area (Å²) in [4.78, 5) is 38.2. The third-order valence-corrected chi connectivity index (χ3v) is 5.64. The summed E-state index contributed by atoms with van der Waals surface area (Å²) in [6.07, 6.45) is 4.63. The van der Waals surface area contributed by atoms with Gasteiger partial charge in [-0.1, -0.05) is 26.7 Å². The van der Waals surface area contributed by atoms with Crippen molar-refractivity contribution in [2.45, 2.75) is 51.6 Å². The summed E-state index contributed by atoms with van der Waals surface area (Å²) in [7, 11) is 0. The third kappa shape index (κ3) is 3.15. The smallest absolute Gasteiger partial charge is 0.325 e. The van der Waals surface area contributed by atoms with Crippen molar-refractivity contribution in [2.24, 2.45) is 11.8 Å². The number of rotatable bonds is 4. The summed E-state index contributed by atoms with van der Waals surface area (Å²) in [5.74, 6) is 0.501. The van der Waals surface area contributed by atoms with Crippen LogP contribution in [0.1, 0.15) is 45.8 Å². The van der Waals surface area contributed by atoms with Crippen LogP contribution in [-0.4, -0.2) is 35.3 Å². The highest BCUT2D eigenvalue weighted by Gasteiger charge is 2.51. The molecule has 0 bridgehead atoms. The fourth-order valence-electron chi connectivity index (χ4n) is 3.75. The third-order valence-electron chi connectivity index (χ3n) is 5.64. The van der Waals surface area contributed by atoms with Crippen molar-refractivity contribution >= 4 is 17.8 Å². The Labute approximate surface area is 147 Å². The molecule has 4 atom stereocenters. The summed E-state index contributed by atoms with van der Waals surface area (Å²) in [5.41, 5.74) is -1.27. The number of hydrogen-bond acceptors (Lipinski definition) is 4. The molecule has 3 rings (SSSR count). The van der Waals surface area contributed by atoms with Gasteiger partial charge in [0, 0.05) is 6.04 Å². The number of nitrogens with zero attached hydrogens (tertiary/aromatic N) is 1. The SMILES string of the molecule is CC1CCCC(NC(=O)CN2C(=O)NC(C)(c3ccco3)C2=O)C1C. The normalized spacial score (nSPS) is 32.6. The van der Waals surface area contributed by atoms with Crippen LogP contribution in [0.25, 0.3) is 0 Å². The number of hydrogen-bond donors (Lipinski definition) is 2. The van der Waals surface area contributed by atoms with Gasteiger partial charge in [-0.25, -0.2) is 4.79 Å². The molecule has 1 saturated carbocycles. The predicted molar refractivity (Wildman–Crippen MR) is 90.4 cm³/mol. The van der Waals surface area contributed by atoms with E-state index in [9.17, 15) is 14.4 Å². The quantitative estimate of drug-likeness (QED) is 0.815. The monoisotopic (exact) mass is 347 g/mol. The maximum absolute atomic E-state index is 12.7. The van der Waals surface area contributed by atoms with E-state index >= 15 is 0 Å². The Morgan fingerprint density at radius 3 is 2.84 bits per heavy atom. The zero-order valence-electron chi connectivity index (χ0n) is 14.9. The number of carbonyl (C=O) groups is 3. The second-order valence-corrected chi connectivity index (χ2v) is 7.37. The molecule has 4 amide bonds. The van der Waals surface area contributed by atoms with Gasteiger partial charge in [0.25, 0.3) is 5.91 Å². The van der Waals surface area contributed by atoms with E-state index in [0.717, 1.165) is 17.7 Å². The van der Waals surface area contributed by atoms with E-state index in [1.165, 1.54) is 12.7 Å². The first kappa shape index (κ1) is 17.5. The number of imide groups is 1. The average Bonchev–Trinajstić information content (AvgIpc) is 3.17. The van der Waals surface area contributed by atoms with Gasteiger partial charge in [0.05, 0.1) is 6.26 Å². The van der Waals surface area contributed by atoms with Crippen molar-refractivity contribution in [3.05, 3.63) is 24.2 Å². The maximum Gasteiger partial charge on any atom is 0.325 e. The molecular weight excluding hydrogens is 322 g/mol. The van der Waals surface area contributed by atoms with Crippen LogP contribution >= 0.6 is 0 Å². The summed E-state index contributed by atoms with van der Waals surface area (Å²) in [5, 5.41) is 5.61. The van der Waals surface area contributed by atoms with Gasteiger partial charge in [-0.05, 0) is 37.3 Å². The van der Waals surface area contributed by atoms with E-state index in [-0.39, 0.29) is 18.5 Å². The summed E-state index contributed by atoms with van der Waals surface area (Å²) >= 11 is 0. The number of amides is 4. The number of furan rings is 1. The Kier molecular flexibility index (Phi) is 4.58. The van der Waals surface area contributed by atoms with Gasteiger partial charge in [0.1, 0.15) is 12.3 Å². The van der Waals surface area contributed by atoms with E-state index in [2.05, 4.69) is 24.5 Å². The summed E-state index contributed by atoms with van der Waals surface area (Å²) < 4.78 is 5.28. The minimum Gasteiger partial charge on any atom is -0.466 e. The van der Waals surface area contributed by atoms with Crippen LogP contribution in [0.15, 0.2) is 22.8 Å². The lowest BCUT2D eigenvalue weighted by Gasteiger charge is -2.34. The molecule has 7 nitrogen and oxygen atoms in total. The second kappa shape index (κ2) is 6.54. The van der Waals surface area contributed by atoms with E-state index < -0.39 is 17.5 Å². The topological polar surface area (TPSA) is 91.7 Å². The van der Waals surface area contributed by atoms with Crippen molar-refractivity contribution in [3.8, 4) is 0 Å². The van der Waals surface area contributed by atoms with Crippen LogP contribution in [0.2, 0.25) is 0 Å². The lowest BCUT2D eigenvalue weighted by molar-refractivity contribution is -0.135. The molecule has 0 aromatic carbocycles. The zero-order valence-corrected chi connectivity index (χ0v) is 14.9. The lowest BCUT2D eigenvalue weighted by Crippen LogP contribution is -2.48. The van der Waals surface area contributed by atoms with Crippen molar-refractivity contribution in [1.29, 1.82) is 0 Å². The molecule has 1 aliphatic heterocycles. The van der Waals surface area contributed by atoms with Gasteiger partial charge in [0.2, 0.25) is 5.91 Å². The fourth-order valence-corrected chi connectivity index (χ4v) is 3.75. The maximum atomic E-state index is 12.7. The molecule has 1 aromatic rings. The van der Waals surface area contributed by atoms with Crippen molar-refractivity contribution in [3.63, 3.8) is 0 Å². The van der Waals surface area contributed by atoms with Crippen molar-refractivity contribution in [2.75, 3.05) is 6.54 Å². The van der Waals surface area contributed by atoms with Crippen LogP contribution in [0.5, 0.6) is 0 Å². The zero-order chi connectivity index (χ0) is 18.2. The molecule has 1 aliphatic carbocycles. The summed E-state index contributed by atoms with van der Waals surface area (Å²) in [6.45, 7) is 5.62. The van der Waals surface area contributed by atoms with Crippen molar-refractivity contribution in [1.82, 2.24) is 15.5 Å². The number of urea groups is 1. The second-order valence-electron chi connectivity index (χ2n) is 7.37. The summed E-state index contributed by atoms with van der Waals surface area (Å²) in [6, 6.07) is 2.80. The van der Waals surface area contributed by atoms with Crippen LogP contribution in [0.3, 0.4) is 0 Å². The number of carbonyl (C=O) groups excluding carboxylic acids is 3. The lowest BCUT2D eigenvalue weighted by atomic mass is 9.78. The van der Waals surface area contributed by atoms with Gasteiger partial charge in [-0.15, -0.1) is 0 Å². The van der Waals surface area contributed by atoms with Gasteiger partial charge >= 0.3 is 6.03 Å². The molecule has 0 radical (unpaired) electrons. The van der Waals surface area contributed by atoms with Gasteiger partial charge in [-0.2, -0.15) is 0 Å². The van der Waals surface area contributed by atoms with Gasteiger partial charge in [0.15, 0.2) is 5.54 Å². The van der Waals surface area contributed by atoms with E-state index in [1.807, 2.05) is 0 Å². The Morgan fingerprint density at radius 2 is 2.16 bits per heavy atom. The highest BCUT2D eigenvalue weighted by atomic mass is 16.3. The Bertz CT molecular complexity index is 672. The Balaban J connectivity index is 1.65. The van der Waals surface area contributed by atoms with E-state index in [4.69, 9.17) is 4.42 Å². The molecule has 0 spiro atoms. The van der Waals surface area contributed by atoms with Gasteiger partial charge < -0.3 is 15.1 Å². The Hall–Kier alpha value is -2.31. The molecule has 25 heavy (non-hydrogen) atoms. The predicted octanol–water partition coefficient (Wildman–Crippen LogP) is 1.99. The molecule has 1 saturated heterocycles. The van der Waals surface area contributed by atoms with Gasteiger partial charge in [-0.3, -0.25) is 14.5 Å². The molecule has 2 fully saturated rings. The molecule has 4 unspecified atom stereocenters. The standard InChI is InChI=1S/C18H25N3O4/c1-11-6-4-7-13(12(11)2)19-15(22)10-21-16(23)18(3,20-17(21)24)14-8-5-9-25-14/h5,8-9,11-13H,4,6-7,10H2,1-3H3,(H,19,22)(H,20,24). The average molecular weight is 347 g/mol. The minimum atomic E-state index is -1.27. The number of nitrogens with one attached hydrogen (secondary N) is 2. The van der Waals surface area contributed by atoms with E-state index in [0.29, 0.717) is 17.6 Å².